The number of hydrogen-bond acceptors (Lipinski definition) is 4. The van der Waals surface area contributed by atoms with Gasteiger partial charge in [-0.2, -0.15) is 0 Å². The summed E-state index contributed by atoms with van der Waals surface area (Å²) in [6, 6.07) is 5.90. The summed E-state index contributed by atoms with van der Waals surface area (Å²) in [5.74, 6) is -0.0236. The summed E-state index contributed by atoms with van der Waals surface area (Å²) in [4.78, 5) is 13.6. The average Bonchev–Trinajstić information content (AvgIpc) is 2.74. The molecular weight excluding hydrogens is 220 g/mol. The molecule has 3 N–H and O–H groups in total. The molecule has 1 saturated heterocycles. The van der Waals surface area contributed by atoms with Crippen LogP contribution in [0.4, 0.5) is 0 Å². The molecule has 1 aliphatic heterocycles. The van der Waals surface area contributed by atoms with Gasteiger partial charge in [0, 0.05) is 25.7 Å². The molecule has 0 aliphatic carbocycles. The Bertz CT molecular complexity index is 405. The molecule has 0 unspecified atom stereocenters. The second-order valence-electron chi connectivity index (χ2n) is 4.26. The molecule has 5 heteroatoms. The molecule has 0 spiro atoms. The highest BCUT2D eigenvalue weighted by molar-refractivity contribution is 5.94. The number of hydrogen-bond donors (Lipinski definition) is 3. The number of aromatic hydroxyl groups is 1. The summed E-state index contributed by atoms with van der Waals surface area (Å²) in [5.41, 5.74) is 0.504. The van der Waals surface area contributed by atoms with Crippen molar-refractivity contribution in [2.24, 2.45) is 0 Å². The highest BCUT2D eigenvalue weighted by Crippen LogP contribution is 2.14. The first-order valence-electron chi connectivity index (χ1n) is 5.54. The van der Waals surface area contributed by atoms with Crippen molar-refractivity contribution in [3.8, 4) is 5.75 Å². The molecule has 1 amide bonds. The molecule has 1 aromatic rings. The van der Waals surface area contributed by atoms with Crippen LogP contribution in [0.25, 0.3) is 0 Å². The van der Waals surface area contributed by atoms with Crippen LogP contribution in [0.5, 0.6) is 5.75 Å². The van der Waals surface area contributed by atoms with Gasteiger partial charge in [-0.05, 0) is 24.3 Å². The molecule has 2 atom stereocenters. The van der Waals surface area contributed by atoms with E-state index in [-0.39, 0.29) is 17.7 Å². The number of nitrogens with one attached hydrogen (secondary N) is 1. The number of benzene rings is 1. The van der Waals surface area contributed by atoms with E-state index < -0.39 is 6.10 Å². The number of carbonyl (C=O) groups is 1. The molecule has 1 aliphatic rings. The average molecular weight is 236 g/mol. The summed E-state index contributed by atoms with van der Waals surface area (Å²) < 4.78 is 0. The Morgan fingerprint density at radius 2 is 2.00 bits per heavy atom. The Morgan fingerprint density at radius 3 is 2.53 bits per heavy atom. The molecular formula is C12H16N2O3. The summed E-state index contributed by atoms with van der Waals surface area (Å²) >= 11 is 0. The zero-order valence-corrected chi connectivity index (χ0v) is 9.63. The van der Waals surface area contributed by atoms with Gasteiger partial charge < -0.3 is 20.4 Å². The van der Waals surface area contributed by atoms with Crippen LogP contribution < -0.4 is 5.32 Å². The van der Waals surface area contributed by atoms with Crippen molar-refractivity contribution in [1.29, 1.82) is 0 Å². The van der Waals surface area contributed by atoms with Crippen LogP contribution in [-0.2, 0) is 0 Å². The number of carbonyl (C=O) groups excluding carboxylic acids is 1. The van der Waals surface area contributed by atoms with Gasteiger partial charge in [0.1, 0.15) is 5.75 Å². The summed E-state index contributed by atoms with van der Waals surface area (Å²) in [7, 11) is 1.68. The van der Waals surface area contributed by atoms with Crippen molar-refractivity contribution in [2.75, 3.05) is 20.1 Å². The van der Waals surface area contributed by atoms with E-state index in [4.69, 9.17) is 5.11 Å². The molecule has 1 aromatic carbocycles. The van der Waals surface area contributed by atoms with Crippen molar-refractivity contribution in [1.82, 2.24) is 10.2 Å². The fourth-order valence-electron chi connectivity index (χ4n) is 2.00. The standard InChI is InChI=1S/C12H16N2O3/c1-14(10-6-13-7-11(10)16)12(17)8-2-4-9(15)5-3-8/h2-5,10-11,13,15-16H,6-7H2,1H3/t10-,11-/m1/s1. The van der Waals surface area contributed by atoms with Gasteiger partial charge in [0.2, 0.25) is 0 Å². The Morgan fingerprint density at radius 1 is 1.35 bits per heavy atom. The van der Waals surface area contributed by atoms with Gasteiger partial charge in [0.15, 0.2) is 0 Å². The topological polar surface area (TPSA) is 72.8 Å². The van der Waals surface area contributed by atoms with Crippen LogP contribution in [0.3, 0.4) is 0 Å². The van der Waals surface area contributed by atoms with Crippen molar-refractivity contribution in [3.05, 3.63) is 29.8 Å². The second-order valence-corrected chi connectivity index (χ2v) is 4.26. The van der Waals surface area contributed by atoms with Gasteiger partial charge in [-0.15, -0.1) is 0 Å². The van der Waals surface area contributed by atoms with Crippen molar-refractivity contribution >= 4 is 5.91 Å². The summed E-state index contributed by atoms with van der Waals surface area (Å²) in [6.07, 6.45) is -0.527. The Hall–Kier alpha value is -1.59. The smallest absolute Gasteiger partial charge is 0.253 e. The number of likely N-dealkylation sites (N-methyl/N-ethyl adjacent to an activating group) is 1. The fourth-order valence-corrected chi connectivity index (χ4v) is 2.00. The normalized spacial score (nSPS) is 23.6. The van der Waals surface area contributed by atoms with Crippen LogP contribution in [0.2, 0.25) is 0 Å². The number of aliphatic hydroxyl groups excluding tert-OH is 1. The maximum absolute atomic E-state index is 12.1. The Labute approximate surface area is 99.7 Å². The SMILES string of the molecule is CN(C(=O)c1ccc(O)cc1)[C@@H]1CNC[C@H]1O. The van der Waals surface area contributed by atoms with Crippen LogP contribution in [0.1, 0.15) is 10.4 Å². The molecule has 1 fully saturated rings. The third-order valence-electron chi connectivity index (χ3n) is 3.08. The lowest BCUT2D eigenvalue weighted by molar-refractivity contribution is 0.0581. The zero-order chi connectivity index (χ0) is 12.4. The van der Waals surface area contributed by atoms with E-state index in [2.05, 4.69) is 5.32 Å². The molecule has 2 rings (SSSR count). The lowest BCUT2D eigenvalue weighted by Gasteiger charge is -2.26. The minimum atomic E-state index is -0.527. The van der Waals surface area contributed by atoms with Gasteiger partial charge in [0.25, 0.3) is 5.91 Å². The molecule has 0 radical (unpaired) electrons. The maximum Gasteiger partial charge on any atom is 0.253 e. The lowest BCUT2D eigenvalue weighted by atomic mass is 10.1. The van der Waals surface area contributed by atoms with E-state index in [0.29, 0.717) is 18.7 Å². The maximum atomic E-state index is 12.1. The number of phenolic OH excluding ortho intramolecular Hbond substituents is 1. The highest BCUT2D eigenvalue weighted by Gasteiger charge is 2.31. The van der Waals surface area contributed by atoms with E-state index in [0.717, 1.165) is 0 Å². The Kier molecular flexibility index (Phi) is 3.31. The van der Waals surface area contributed by atoms with Gasteiger partial charge in [0.05, 0.1) is 12.1 Å². The van der Waals surface area contributed by atoms with E-state index in [1.54, 1.807) is 19.2 Å². The van der Waals surface area contributed by atoms with Crippen molar-refractivity contribution < 1.29 is 15.0 Å². The fraction of sp³-hybridized carbons (Fsp3) is 0.417. The van der Waals surface area contributed by atoms with Crippen LogP contribution >= 0.6 is 0 Å². The summed E-state index contributed by atoms with van der Waals surface area (Å²) in [6.45, 7) is 1.11. The van der Waals surface area contributed by atoms with E-state index in [1.807, 2.05) is 0 Å². The molecule has 0 saturated carbocycles. The molecule has 92 valence electrons. The molecule has 1 heterocycles. The van der Waals surface area contributed by atoms with E-state index >= 15 is 0 Å². The number of rotatable bonds is 2. The number of nitrogens with zero attached hydrogens (tertiary/aromatic N) is 1. The highest BCUT2D eigenvalue weighted by atomic mass is 16.3. The number of aliphatic hydroxyl groups is 1. The molecule has 17 heavy (non-hydrogen) atoms. The van der Waals surface area contributed by atoms with Gasteiger partial charge in [-0.1, -0.05) is 0 Å². The summed E-state index contributed by atoms with van der Waals surface area (Å²) in [5, 5.41) is 21.9. The minimum Gasteiger partial charge on any atom is -0.508 e. The molecule has 0 bridgehead atoms. The first-order valence-corrected chi connectivity index (χ1v) is 5.54. The van der Waals surface area contributed by atoms with Crippen LogP contribution in [0, 0.1) is 0 Å². The second kappa shape index (κ2) is 4.73. The van der Waals surface area contributed by atoms with Gasteiger partial charge in [-0.3, -0.25) is 4.79 Å². The quantitative estimate of drug-likeness (QED) is 0.665. The first-order chi connectivity index (χ1) is 8.09. The third-order valence-corrected chi connectivity index (χ3v) is 3.08. The zero-order valence-electron chi connectivity index (χ0n) is 9.63. The Balaban J connectivity index is 2.11. The van der Waals surface area contributed by atoms with Gasteiger partial charge >= 0.3 is 0 Å². The predicted molar refractivity (Wildman–Crippen MR) is 62.9 cm³/mol. The van der Waals surface area contributed by atoms with Crippen LogP contribution in [-0.4, -0.2) is 53.3 Å². The largest absolute Gasteiger partial charge is 0.508 e. The van der Waals surface area contributed by atoms with E-state index in [9.17, 15) is 9.90 Å². The first kappa shape index (κ1) is 11.9. The lowest BCUT2D eigenvalue weighted by Crippen LogP contribution is -2.44. The minimum absolute atomic E-state index is 0.131. The third kappa shape index (κ3) is 2.40. The van der Waals surface area contributed by atoms with Crippen LogP contribution in [0.15, 0.2) is 24.3 Å². The van der Waals surface area contributed by atoms with Crippen molar-refractivity contribution in [2.45, 2.75) is 12.1 Å². The molecule has 5 nitrogen and oxygen atoms in total. The van der Waals surface area contributed by atoms with Crippen molar-refractivity contribution in [3.63, 3.8) is 0 Å². The van der Waals surface area contributed by atoms with E-state index in [1.165, 1.54) is 17.0 Å². The number of β-amino-alcohol motifs (C(OH)–C–C–N with tert-alkyl or cyclic N) is 1. The molecule has 0 aromatic heterocycles. The number of amides is 1. The monoisotopic (exact) mass is 236 g/mol. The predicted octanol–water partition coefficient (Wildman–Crippen LogP) is -0.203. The number of phenols is 1. The van der Waals surface area contributed by atoms with Gasteiger partial charge in [-0.25, -0.2) is 0 Å².